The molecule has 2 saturated heterocycles. The number of fused-ring (bicyclic) bond motifs is 6. The van der Waals surface area contributed by atoms with Gasteiger partial charge in [-0.1, -0.05) is 39.8 Å². The number of aromatic hydroxyl groups is 1. The first-order valence-electron chi connectivity index (χ1n) is 23.5. The Hall–Kier alpha value is -4.44. The first-order valence-corrected chi connectivity index (χ1v) is 23.5. The van der Waals surface area contributed by atoms with Crippen molar-refractivity contribution in [1.82, 2.24) is 35.1 Å². The Morgan fingerprint density at radius 2 is 1.76 bits per heavy atom. The van der Waals surface area contributed by atoms with Gasteiger partial charge in [0.25, 0.3) is 5.91 Å². The largest absolute Gasteiger partial charge is 0.508 e. The predicted octanol–water partition coefficient (Wildman–Crippen LogP) is 5.41. The molecule has 0 saturated carbocycles. The van der Waals surface area contributed by atoms with Crippen LogP contribution in [-0.2, 0) is 59.4 Å². The number of amides is 4. The number of methoxy groups -OCH3 is 1. The standard InChI is InChI=1S/C51H68N8O8.4H2S/c1-10-58-42-14-13-32-24-37(42)38(44(58)39-26-53-17-15-34(39)28-66-9)25-50(4,5)29-67-48(64)40-12-11-18-59(55-40)47(63)41(22-31-20-35(32)23-36(60)21-31)54-45(61)43(30(2)3)56(8)46(62)33-16-19-57(27-33)49(65)51(6,7)52;;;;/h13-15,17,20-21,23-24,26,30,33,40-41,43,55,60H,10-12,16,18-19,22,25,27-29,52H2,1-9H3,(H,54,61);4*1H2/t33-,40-,41-,43-;;;;/m0..../s1. The van der Waals surface area contributed by atoms with Gasteiger partial charge < -0.3 is 40.0 Å². The van der Waals surface area contributed by atoms with Crippen molar-refractivity contribution in [2.45, 2.75) is 117 Å². The average molecular weight is 1060 g/mol. The summed E-state index contributed by atoms with van der Waals surface area (Å²) < 4.78 is 14.0. The number of phenols is 1. The first kappa shape index (κ1) is 60.9. The van der Waals surface area contributed by atoms with Gasteiger partial charge in [0.2, 0.25) is 17.7 Å². The second-order valence-corrected chi connectivity index (χ2v) is 20.3. The number of likely N-dealkylation sites (tertiary alicyclic amines) is 1. The molecule has 2 fully saturated rings. The van der Waals surface area contributed by atoms with Gasteiger partial charge in [0, 0.05) is 81.0 Å². The van der Waals surface area contributed by atoms with Gasteiger partial charge in [-0.3, -0.25) is 34.0 Å². The Labute approximate surface area is 446 Å². The van der Waals surface area contributed by atoms with Gasteiger partial charge in [0.05, 0.1) is 30.4 Å². The number of carbonyl (C=O) groups excluding carboxylic acids is 5. The minimum absolute atomic E-state index is 0. The minimum atomic E-state index is -1.17. The van der Waals surface area contributed by atoms with Crippen molar-refractivity contribution in [3.8, 4) is 28.1 Å². The molecule has 16 nitrogen and oxygen atoms in total. The van der Waals surface area contributed by atoms with E-state index in [9.17, 15) is 29.1 Å². The molecule has 7 rings (SSSR count). The van der Waals surface area contributed by atoms with Crippen LogP contribution in [0.2, 0.25) is 0 Å². The van der Waals surface area contributed by atoms with Crippen molar-refractivity contribution in [3.05, 3.63) is 71.5 Å². The number of hydrazine groups is 1. The van der Waals surface area contributed by atoms with Gasteiger partial charge in [-0.05, 0) is 111 Å². The van der Waals surface area contributed by atoms with Crippen LogP contribution in [0, 0.1) is 17.3 Å². The number of phenolic OH excluding ortho intramolecular Hbond substituents is 1. The summed E-state index contributed by atoms with van der Waals surface area (Å²) in [6.07, 6.45) is 5.53. The molecule has 20 heteroatoms. The fraction of sp³-hybridized carbons (Fsp3) is 0.529. The van der Waals surface area contributed by atoms with Gasteiger partial charge in [-0.2, -0.15) is 54.0 Å². The predicted molar refractivity (Wildman–Crippen MR) is 296 cm³/mol. The normalized spacial score (nSPS) is 19.5. The van der Waals surface area contributed by atoms with Gasteiger partial charge in [0.1, 0.15) is 23.9 Å². The third-order valence-corrected chi connectivity index (χ3v) is 13.4. The van der Waals surface area contributed by atoms with E-state index in [-0.39, 0.29) is 104 Å². The highest BCUT2D eigenvalue weighted by atomic mass is 32.1. The second kappa shape index (κ2) is 25.0. The number of esters is 1. The van der Waals surface area contributed by atoms with Gasteiger partial charge in [-0.25, -0.2) is 5.43 Å². The molecular formula is C51H76N8O8S4. The third kappa shape index (κ3) is 13.4. The molecule has 3 aliphatic heterocycles. The van der Waals surface area contributed by atoms with Crippen LogP contribution in [0.15, 0.2) is 54.9 Å². The van der Waals surface area contributed by atoms with E-state index in [1.165, 1.54) is 9.91 Å². The number of carbonyl (C=O) groups is 5. The number of hydrogen-bond donors (Lipinski definition) is 4. The van der Waals surface area contributed by atoms with E-state index in [2.05, 4.69) is 53.2 Å². The van der Waals surface area contributed by atoms with Crippen LogP contribution in [0.4, 0.5) is 0 Å². The third-order valence-electron chi connectivity index (χ3n) is 13.4. The van der Waals surface area contributed by atoms with Crippen LogP contribution in [-0.4, -0.2) is 123 Å². The maximum absolute atomic E-state index is 14.7. The molecule has 0 aliphatic carbocycles. The van der Waals surface area contributed by atoms with Crippen LogP contribution >= 0.6 is 54.0 Å². The zero-order valence-electron chi connectivity index (χ0n) is 42.5. The van der Waals surface area contributed by atoms with E-state index in [1.807, 2.05) is 38.2 Å². The molecule has 0 spiro atoms. The molecule has 3 aliphatic rings. The van der Waals surface area contributed by atoms with Crippen molar-refractivity contribution in [3.63, 3.8) is 0 Å². The molecule has 0 unspecified atom stereocenters. The zero-order valence-corrected chi connectivity index (χ0v) is 46.5. The maximum Gasteiger partial charge on any atom is 0.324 e. The summed E-state index contributed by atoms with van der Waals surface area (Å²) in [4.78, 5) is 77.8. The summed E-state index contributed by atoms with van der Waals surface area (Å²) in [7, 11) is 3.25. The summed E-state index contributed by atoms with van der Waals surface area (Å²) in [5, 5.41) is 16.7. The van der Waals surface area contributed by atoms with Crippen LogP contribution in [0.1, 0.15) is 84.4 Å². The summed E-state index contributed by atoms with van der Waals surface area (Å²) in [5.74, 6) is -2.94. The van der Waals surface area contributed by atoms with E-state index in [4.69, 9.17) is 15.2 Å². The lowest BCUT2D eigenvalue weighted by Gasteiger charge is -2.37. The van der Waals surface area contributed by atoms with Crippen molar-refractivity contribution in [2.75, 3.05) is 40.4 Å². The smallest absolute Gasteiger partial charge is 0.324 e. The van der Waals surface area contributed by atoms with E-state index >= 15 is 0 Å². The van der Waals surface area contributed by atoms with Crippen molar-refractivity contribution in [2.24, 2.45) is 23.0 Å². The molecule has 2 aromatic carbocycles. The van der Waals surface area contributed by atoms with E-state index in [1.54, 1.807) is 51.2 Å². The van der Waals surface area contributed by atoms with Crippen molar-refractivity contribution in [1.29, 1.82) is 0 Å². The van der Waals surface area contributed by atoms with E-state index < -0.39 is 52.8 Å². The lowest BCUT2D eigenvalue weighted by Crippen LogP contribution is -2.62. The molecule has 392 valence electrons. The zero-order chi connectivity index (χ0) is 48.5. The lowest BCUT2D eigenvalue weighted by atomic mass is 9.84. The van der Waals surface area contributed by atoms with Crippen molar-refractivity contribution < 1.29 is 38.6 Å². The SMILES string of the molecule is CCn1c(-c2cnccc2COC)c2c3cc(ccc31)-c1cc(O)cc(c1)C[C@H](NC(=O)[C@H](C(C)C)N(C)C(=O)[C@H]1CCN(C(=O)C(C)(C)N)C1)C(=O)N1CCC[C@H](N1)C(=O)OCC(C)(C)C2.S.S.S.S. The maximum atomic E-state index is 14.7. The number of pyridine rings is 1. The molecule has 6 bridgehead atoms. The highest BCUT2D eigenvalue weighted by Gasteiger charge is 2.41. The highest BCUT2D eigenvalue weighted by Crippen LogP contribution is 2.41. The molecule has 0 radical (unpaired) electrons. The Morgan fingerprint density at radius 3 is 2.42 bits per heavy atom. The number of benzene rings is 2. The highest BCUT2D eigenvalue weighted by molar-refractivity contribution is 7.59. The molecule has 5 heterocycles. The van der Waals surface area contributed by atoms with Crippen LogP contribution < -0.4 is 16.5 Å². The number of ether oxygens (including phenoxy) is 2. The molecule has 4 amide bonds. The number of rotatable bonds is 10. The number of aryl methyl sites for hydroxylation is 1. The minimum Gasteiger partial charge on any atom is -0.508 e. The summed E-state index contributed by atoms with van der Waals surface area (Å²) in [6.45, 7) is 15.2. The Balaban J connectivity index is 0.00000333. The van der Waals surface area contributed by atoms with Crippen LogP contribution in [0.25, 0.3) is 33.3 Å². The first-order chi connectivity index (χ1) is 31.7. The number of nitrogens with zero attached hydrogens (tertiary/aromatic N) is 5. The number of hydrogen-bond acceptors (Lipinski definition) is 11. The van der Waals surface area contributed by atoms with E-state index in [0.717, 1.165) is 38.9 Å². The molecular weight excluding hydrogens is 981 g/mol. The fourth-order valence-corrected chi connectivity index (χ4v) is 10.1. The monoisotopic (exact) mass is 1060 g/mol. The molecule has 4 aromatic rings. The van der Waals surface area contributed by atoms with E-state index in [0.29, 0.717) is 56.5 Å². The molecule has 2 aromatic heterocycles. The molecule has 5 N–H and O–H groups in total. The number of nitrogens with two attached hydrogens (primary N) is 1. The Morgan fingerprint density at radius 1 is 1.04 bits per heavy atom. The number of likely N-dealkylation sites (N-methyl/N-ethyl adjacent to an activating group) is 1. The van der Waals surface area contributed by atoms with Crippen LogP contribution in [0.5, 0.6) is 5.75 Å². The Bertz CT molecular complexity index is 2550. The van der Waals surface area contributed by atoms with Gasteiger partial charge >= 0.3 is 5.97 Å². The van der Waals surface area contributed by atoms with Gasteiger partial charge in [-0.15, -0.1) is 0 Å². The topological polar surface area (TPSA) is 202 Å². The molecule has 4 atom stereocenters. The average Bonchev–Trinajstić information content (AvgIpc) is 3.89. The summed E-state index contributed by atoms with van der Waals surface area (Å²) in [6, 6.07) is 10.4. The second-order valence-electron chi connectivity index (χ2n) is 20.3. The quantitative estimate of drug-likeness (QED) is 0.148. The lowest BCUT2D eigenvalue weighted by molar-refractivity contribution is -0.155. The fourth-order valence-electron chi connectivity index (χ4n) is 10.1. The summed E-state index contributed by atoms with van der Waals surface area (Å²) in [5.41, 5.74) is 14.7. The Kier molecular flexibility index (Phi) is 21.4. The van der Waals surface area contributed by atoms with Crippen molar-refractivity contribution >= 4 is 94.5 Å². The van der Waals surface area contributed by atoms with Gasteiger partial charge in [0.15, 0.2) is 0 Å². The number of aromatic nitrogens is 2. The molecule has 71 heavy (non-hydrogen) atoms. The number of nitrogens with one attached hydrogen (secondary N) is 2. The summed E-state index contributed by atoms with van der Waals surface area (Å²) >= 11 is 0. The number of cyclic esters (lactones) is 1. The van der Waals surface area contributed by atoms with Crippen LogP contribution in [0.3, 0.4) is 0 Å².